The summed E-state index contributed by atoms with van der Waals surface area (Å²) in [5.41, 5.74) is 0.821. The molecule has 0 aliphatic carbocycles. The van der Waals surface area contributed by atoms with Crippen LogP contribution in [0.1, 0.15) is 45.2 Å². The number of nitrogens with one attached hydrogen (secondary N) is 1. The van der Waals surface area contributed by atoms with Crippen LogP contribution in [-0.2, 0) is 0 Å². The Bertz CT molecular complexity index is 421. The van der Waals surface area contributed by atoms with Crippen molar-refractivity contribution in [3.63, 3.8) is 0 Å². The van der Waals surface area contributed by atoms with Crippen molar-refractivity contribution in [3.05, 3.63) is 35.6 Å². The maximum Gasteiger partial charge on any atom is 0.127 e. The Labute approximate surface area is 122 Å². The van der Waals surface area contributed by atoms with E-state index in [1.807, 2.05) is 12.1 Å². The molecule has 1 aliphatic heterocycles. The first-order chi connectivity index (χ1) is 9.61. The summed E-state index contributed by atoms with van der Waals surface area (Å²) in [6, 6.07) is 7.91. The van der Waals surface area contributed by atoms with Gasteiger partial charge < -0.3 is 5.32 Å². The van der Waals surface area contributed by atoms with Crippen molar-refractivity contribution in [2.45, 2.75) is 45.7 Å². The summed E-state index contributed by atoms with van der Waals surface area (Å²) in [7, 11) is 0. The van der Waals surface area contributed by atoms with Gasteiger partial charge in [0, 0.05) is 30.7 Å². The Kier molecular flexibility index (Phi) is 5.55. The van der Waals surface area contributed by atoms with Crippen molar-refractivity contribution >= 4 is 0 Å². The molecule has 3 atom stereocenters. The summed E-state index contributed by atoms with van der Waals surface area (Å²) in [6.45, 7) is 9.74. The second kappa shape index (κ2) is 7.19. The molecule has 1 fully saturated rings. The number of hydrogen-bond donors (Lipinski definition) is 1. The van der Waals surface area contributed by atoms with E-state index in [1.54, 1.807) is 12.1 Å². The van der Waals surface area contributed by atoms with E-state index in [0.717, 1.165) is 38.0 Å². The molecule has 1 aromatic carbocycles. The molecule has 2 rings (SSSR count). The third-order valence-electron chi connectivity index (χ3n) is 4.46. The molecule has 1 aromatic rings. The van der Waals surface area contributed by atoms with Crippen molar-refractivity contribution < 1.29 is 4.39 Å². The molecule has 0 saturated carbocycles. The van der Waals surface area contributed by atoms with E-state index in [4.69, 9.17) is 0 Å². The van der Waals surface area contributed by atoms with Gasteiger partial charge in [-0.25, -0.2) is 4.39 Å². The van der Waals surface area contributed by atoms with Crippen LogP contribution >= 0.6 is 0 Å². The first-order valence-corrected chi connectivity index (χ1v) is 7.83. The highest BCUT2D eigenvalue weighted by Gasteiger charge is 2.23. The number of hydrogen-bond acceptors (Lipinski definition) is 2. The summed E-state index contributed by atoms with van der Waals surface area (Å²) in [5.74, 6) is 0.512. The van der Waals surface area contributed by atoms with Gasteiger partial charge in [0.25, 0.3) is 0 Å². The van der Waals surface area contributed by atoms with Crippen LogP contribution in [0, 0.1) is 11.7 Å². The lowest BCUT2D eigenvalue weighted by molar-refractivity contribution is 0.151. The zero-order valence-corrected chi connectivity index (χ0v) is 12.9. The first kappa shape index (κ1) is 15.5. The lowest BCUT2D eigenvalue weighted by atomic mass is 10.0. The third-order valence-corrected chi connectivity index (χ3v) is 4.46. The molecule has 0 amide bonds. The molecular formula is C17H27FN2. The van der Waals surface area contributed by atoms with Crippen molar-refractivity contribution in [2.75, 3.05) is 19.6 Å². The minimum atomic E-state index is -0.0834. The number of nitrogens with zero attached hydrogens (tertiary/aromatic N) is 1. The lowest BCUT2D eigenvalue weighted by Crippen LogP contribution is -2.44. The molecule has 0 spiro atoms. The Morgan fingerprint density at radius 3 is 2.85 bits per heavy atom. The van der Waals surface area contributed by atoms with Crippen LogP contribution in [0.3, 0.4) is 0 Å². The highest BCUT2D eigenvalue weighted by atomic mass is 19.1. The molecule has 3 heteroatoms. The molecule has 0 aromatic heterocycles. The van der Waals surface area contributed by atoms with Crippen molar-refractivity contribution in [1.29, 1.82) is 0 Å². The fourth-order valence-corrected chi connectivity index (χ4v) is 3.06. The molecular weight excluding hydrogens is 251 g/mol. The summed E-state index contributed by atoms with van der Waals surface area (Å²) < 4.78 is 14.0. The summed E-state index contributed by atoms with van der Waals surface area (Å²) in [5, 5.41) is 3.63. The van der Waals surface area contributed by atoms with Gasteiger partial charge in [0.05, 0.1) is 0 Å². The molecule has 3 unspecified atom stereocenters. The van der Waals surface area contributed by atoms with Gasteiger partial charge in [-0.05, 0) is 38.3 Å². The highest BCUT2D eigenvalue weighted by molar-refractivity contribution is 5.20. The van der Waals surface area contributed by atoms with E-state index in [2.05, 4.69) is 31.0 Å². The second-order valence-electron chi connectivity index (χ2n) is 6.10. The van der Waals surface area contributed by atoms with Crippen molar-refractivity contribution in [2.24, 2.45) is 5.92 Å². The van der Waals surface area contributed by atoms with Crippen LogP contribution in [0.15, 0.2) is 24.3 Å². The lowest BCUT2D eigenvalue weighted by Gasteiger charge is -2.36. The quantitative estimate of drug-likeness (QED) is 0.909. The Hall–Kier alpha value is -0.930. The van der Waals surface area contributed by atoms with Crippen molar-refractivity contribution in [3.8, 4) is 0 Å². The molecule has 1 N–H and O–H groups in total. The highest BCUT2D eigenvalue weighted by Crippen LogP contribution is 2.25. The Balaban J connectivity index is 2.10. The molecule has 1 heterocycles. The van der Waals surface area contributed by atoms with E-state index < -0.39 is 0 Å². The van der Waals surface area contributed by atoms with Crippen molar-refractivity contribution in [1.82, 2.24) is 10.2 Å². The van der Waals surface area contributed by atoms with E-state index in [1.165, 1.54) is 0 Å². The van der Waals surface area contributed by atoms with Gasteiger partial charge in [0.15, 0.2) is 0 Å². The van der Waals surface area contributed by atoms with Crippen LogP contribution in [-0.4, -0.2) is 30.6 Å². The fourth-order valence-electron chi connectivity index (χ4n) is 3.06. The minimum absolute atomic E-state index is 0.0834. The monoisotopic (exact) mass is 278 g/mol. The van der Waals surface area contributed by atoms with Gasteiger partial charge >= 0.3 is 0 Å². The summed E-state index contributed by atoms with van der Waals surface area (Å²) in [4.78, 5) is 2.44. The standard InChI is InChI=1S/C17H27FN2/c1-4-15-9-10-20(12-13(2)11-19-15)14(3)16-7-5-6-8-17(16)18/h5-8,13-15,19H,4,9-12H2,1-3H3. The van der Waals surface area contributed by atoms with E-state index in [-0.39, 0.29) is 11.9 Å². The topological polar surface area (TPSA) is 15.3 Å². The molecule has 0 radical (unpaired) electrons. The predicted molar refractivity (Wildman–Crippen MR) is 82.3 cm³/mol. The average molecular weight is 278 g/mol. The maximum atomic E-state index is 14.0. The van der Waals surface area contributed by atoms with E-state index >= 15 is 0 Å². The largest absolute Gasteiger partial charge is 0.314 e. The maximum absolute atomic E-state index is 14.0. The predicted octanol–water partition coefficient (Wildman–Crippen LogP) is 3.60. The number of rotatable bonds is 3. The van der Waals surface area contributed by atoms with Crippen LogP contribution < -0.4 is 5.32 Å². The molecule has 2 nitrogen and oxygen atoms in total. The van der Waals surface area contributed by atoms with Crippen LogP contribution in [0.4, 0.5) is 4.39 Å². The smallest absolute Gasteiger partial charge is 0.127 e. The van der Waals surface area contributed by atoms with Crippen LogP contribution in [0.2, 0.25) is 0 Å². The normalized spacial score (nSPS) is 26.8. The van der Waals surface area contributed by atoms with Gasteiger partial charge in [0.1, 0.15) is 5.82 Å². The van der Waals surface area contributed by atoms with Gasteiger partial charge in [-0.1, -0.05) is 32.0 Å². The van der Waals surface area contributed by atoms with Gasteiger partial charge in [-0.3, -0.25) is 4.90 Å². The summed E-state index contributed by atoms with van der Waals surface area (Å²) >= 11 is 0. The Morgan fingerprint density at radius 1 is 1.40 bits per heavy atom. The molecule has 112 valence electrons. The minimum Gasteiger partial charge on any atom is -0.314 e. The molecule has 1 saturated heterocycles. The first-order valence-electron chi connectivity index (χ1n) is 7.83. The SMILES string of the molecule is CCC1CCN(C(C)c2ccccc2F)CC(C)CN1. The zero-order chi connectivity index (χ0) is 14.5. The van der Waals surface area contributed by atoms with Gasteiger partial charge in [-0.15, -0.1) is 0 Å². The fraction of sp³-hybridized carbons (Fsp3) is 0.647. The van der Waals surface area contributed by atoms with E-state index in [9.17, 15) is 4.39 Å². The Morgan fingerprint density at radius 2 is 2.15 bits per heavy atom. The average Bonchev–Trinajstić information content (AvgIpc) is 2.43. The van der Waals surface area contributed by atoms with Crippen LogP contribution in [0.5, 0.6) is 0 Å². The number of benzene rings is 1. The van der Waals surface area contributed by atoms with Crippen LogP contribution in [0.25, 0.3) is 0 Å². The zero-order valence-electron chi connectivity index (χ0n) is 12.9. The number of halogens is 1. The molecule has 1 aliphatic rings. The second-order valence-corrected chi connectivity index (χ2v) is 6.10. The molecule has 0 bridgehead atoms. The van der Waals surface area contributed by atoms with Gasteiger partial charge in [0.2, 0.25) is 0 Å². The van der Waals surface area contributed by atoms with E-state index in [0.29, 0.717) is 12.0 Å². The third kappa shape index (κ3) is 3.80. The summed E-state index contributed by atoms with van der Waals surface area (Å²) in [6.07, 6.45) is 2.30. The van der Waals surface area contributed by atoms with Gasteiger partial charge in [-0.2, -0.15) is 0 Å². The molecule has 20 heavy (non-hydrogen) atoms.